The SMILES string of the molecule is CC(C)CC(O)CN1CCCC1.CC(C)C[C@@H](O)CN.CC(C)C[C@@H](O)CN1CCCC1.CC(C)C[C@H](O)CCN.CC(C)C[C@H](O)CN1CCCC1.CC(C)[C@H](N)CCCO.CCC(O)CC(C)C.CCCC(O)CC(C)C.CCCCC(N)C(C)C.CCCC[C@H](N)C(C)C.CCC[C@H](O)CC(C)C.CC[C@@H](O)CC(C)C. The molecule has 0 aromatic heterocycles. The fourth-order valence-electron chi connectivity index (χ4n) is 12.8. The van der Waals surface area contributed by atoms with Gasteiger partial charge in [0.15, 0.2) is 0 Å². The minimum atomic E-state index is -0.296. The summed E-state index contributed by atoms with van der Waals surface area (Å²) in [5.41, 5.74) is 27.7. The number of β-amino-alcohol motifs (C(OH)–C–C–N with tert-alkyl or cyclic N) is 3. The molecule has 0 aliphatic carbocycles. The zero-order chi connectivity index (χ0) is 90.3. The highest BCUT2D eigenvalue weighted by atomic mass is 16.3. The highest BCUT2D eigenvalue weighted by Crippen LogP contribution is 2.17. The van der Waals surface area contributed by atoms with E-state index >= 15 is 0 Å². The van der Waals surface area contributed by atoms with Gasteiger partial charge in [-0.2, -0.15) is 0 Å². The van der Waals surface area contributed by atoms with Crippen LogP contribution in [-0.2, 0) is 0 Å². The van der Waals surface area contributed by atoms with Crippen LogP contribution in [0.4, 0.5) is 0 Å². The maximum absolute atomic E-state index is 9.64. The molecular weight excluding hydrogens is 1430 g/mol. The van der Waals surface area contributed by atoms with Gasteiger partial charge in [0.05, 0.1) is 54.9 Å². The van der Waals surface area contributed by atoms with Gasteiger partial charge >= 0.3 is 0 Å². The lowest BCUT2D eigenvalue weighted by Gasteiger charge is -2.20. The number of hydrogen-bond acceptors (Lipinski definition) is 18. The van der Waals surface area contributed by atoms with Gasteiger partial charge in [-0.05, 0) is 271 Å². The molecule has 0 spiro atoms. The maximum Gasteiger partial charge on any atom is 0.0669 e. The number of aliphatic hydroxyl groups excluding tert-OH is 10. The van der Waals surface area contributed by atoms with Crippen molar-refractivity contribution in [3.8, 4) is 0 Å². The third kappa shape index (κ3) is 118. The third-order valence-corrected chi connectivity index (χ3v) is 19.7. The molecule has 0 bridgehead atoms. The van der Waals surface area contributed by atoms with Gasteiger partial charge in [0.25, 0.3) is 0 Å². The molecule has 3 rings (SSSR count). The van der Waals surface area contributed by atoms with E-state index in [-0.39, 0.29) is 67.6 Å². The average molecular weight is 1640 g/mol. The van der Waals surface area contributed by atoms with Gasteiger partial charge in [0.2, 0.25) is 0 Å². The van der Waals surface area contributed by atoms with Gasteiger partial charge in [-0.25, -0.2) is 0 Å². The largest absolute Gasteiger partial charge is 0.396 e. The number of unbranched alkanes of at least 4 members (excludes halogenated alkanes) is 2. The van der Waals surface area contributed by atoms with Gasteiger partial charge in [-0.3, -0.25) is 0 Å². The lowest BCUT2D eigenvalue weighted by Crippen LogP contribution is -2.30. The summed E-state index contributed by atoms with van der Waals surface area (Å²) in [7, 11) is 0. The predicted molar refractivity (Wildman–Crippen MR) is 503 cm³/mol. The first-order valence-corrected chi connectivity index (χ1v) is 47.6. The van der Waals surface area contributed by atoms with Crippen LogP contribution in [0, 0.1) is 71.0 Å². The van der Waals surface area contributed by atoms with Crippen LogP contribution >= 0.6 is 0 Å². The summed E-state index contributed by atoms with van der Waals surface area (Å²) in [5, 5.41) is 91.9. The van der Waals surface area contributed by atoms with Crippen molar-refractivity contribution in [3.05, 3.63) is 0 Å². The van der Waals surface area contributed by atoms with Gasteiger partial charge in [0.1, 0.15) is 0 Å². The quantitative estimate of drug-likeness (QED) is 0.0269. The third-order valence-electron chi connectivity index (χ3n) is 19.7. The minimum absolute atomic E-state index is 0.0602. The fraction of sp³-hybridized carbons (Fsp3) is 1.00. The number of hydrogen-bond donors (Lipinski definition) is 15. The molecule has 0 aromatic carbocycles. The predicted octanol–water partition coefficient (Wildman–Crippen LogP) is 18.6. The number of nitrogens with two attached hydrogens (primary N) is 5. The van der Waals surface area contributed by atoms with E-state index in [4.69, 9.17) is 54.2 Å². The fourth-order valence-corrected chi connectivity index (χ4v) is 12.8. The van der Waals surface area contributed by atoms with Crippen molar-refractivity contribution in [2.24, 2.45) is 99.7 Å². The first kappa shape index (κ1) is 131. The Balaban J connectivity index is -0.000000151. The molecule has 3 heterocycles. The molecule has 0 radical (unpaired) electrons. The summed E-state index contributed by atoms with van der Waals surface area (Å²) in [5.74, 6) is 7.32. The lowest BCUT2D eigenvalue weighted by atomic mass is 10.00. The normalized spacial score (nSPS) is 16.8. The van der Waals surface area contributed by atoms with Crippen molar-refractivity contribution in [3.63, 3.8) is 0 Å². The minimum Gasteiger partial charge on any atom is -0.396 e. The molecule has 3 saturated heterocycles. The highest BCUT2D eigenvalue weighted by molar-refractivity contribution is 4.74. The number of nitrogens with zero attached hydrogens (tertiary/aromatic N) is 3. The van der Waals surface area contributed by atoms with Crippen LogP contribution < -0.4 is 28.7 Å². The lowest BCUT2D eigenvalue weighted by molar-refractivity contribution is 0.105. The van der Waals surface area contributed by atoms with Crippen LogP contribution in [0.1, 0.15) is 400 Å². The second-order valence-electron chi connectivity index (χ2n) is 38.7. The molecule has 3 aliphatic heterocycles. The van der Waals surface area contributed by atoms with Crippen LogP contribution in [-0.4, -0.2) is 217 Å². The summed E-state index contributed by atoms with van der Waals surface area (Å²) in [4.78, 5) is 7.10. The highest BCUT2D eigenvalue weighted by Gasteiger charge is 2.20. The Bertz CT molecular complexity index is 1560. The number of likely N-dealkylation sites (tertiary alicyclic amines) is 3. The summed E-state index contributed by atoms with van der Waals surface area (Å²) < 4.78 is 0. The van der Waals surface area contributed by atoms with E-state index in [1.54, 1.807) is 0 Å². The number of rotatable bonds is 45. The van der Waals surface area contributed by atoms with Crippen molar-refractivity contribution in [1.82, 2.24) is 14.7 Å². The maximum atomic E-state index is 9.64. The molecule has 3 aliphatic rings. The van der Waals surface area contributed by atoms with E-state index in [1.165, 1.54) is 116 Å². The van der Waals surface area contributed by atoms with E-state index in [0.29, 0.717) is 96.2 Å². The Morgan fingerprint density at radius 2 is 0.456 bits per heavy atom. The molecule has 0 amide bonds. The molecule has 4 unspecified atom stereocenters. The summed E-state index contributed by atoms with van der Waals surface area (Å²) >= 11 is 0. The molecule has 702 valence electrons. The first-order chi connectivity index (χ1) is 53.1. The second kappa shape index (κ2) is 93.0. The summed E-state index contributed by atoms with van der Waals surface area (Å²) in [6, 6.07) is 1.10. The van der Waals surface area contributed by atoms with Gasteiger partial charge < -0.3 is 94.4 Å². The van der Waals surface area contributed by atoms with Crippen molar-refractivity contribution >= 4 is 0 Å². The van der Waals surface area contributed by atoms with Crippen molar-refractivity contribution < 1.29 is 51.1 Å². The van der Waals surface area contributed by atoms with Crippen molar-refractivity contribution in [2.45, 2.75) is 473 Å². The van der Waals surface area contributed by atoms with Crippen LogP contribution in [0.15, 0.2) is 0 Å². The van der Waals surface area contributed by atoms with Gasteiger partial charge in [-0.1, -0.05) is 246 Å². The molecule has 0 aromatic rings. The summed E-state index contributed by atoms with van der Waals surface area (Å²) in [6.45, 7) is 74.9. The topological polar surface area (TPSA) is 342 Å². The van der Waals surface area contributed by atoms with Crippen LogP contribution in [0.2, 0.25) is 0 Å². The van der Waals surface area contributed by atoms with E-state index in [1.807, 2.05) is 13.8 Å². The van der Waals surface area contributed by atoms with E-state index in [9.17, 15) is 25.5 Å². The van der Waals surface area contributed by atoms with Crippen LogP contribution in [0.25, 0.3) is 0 Å². The average Bonchev–Trinajstić information content (AvgIpc) is 1.82. The second-order valence-corrected chi connectivity index (χ2v) is 38.7. The molecular formula is C96H218N8O10. The molecule has 18 heteroatoms. The standard InChI is InChI=1S/3C10H21NO.2C8H19N.2C8H18O.2C7H17NO.2C7H16O.C6H15NO/c3*1-9(2)7-10(12)8-11-5-3-4-6-11;2*1-4-5-6-8(9)7(2)3;2*1-4-5-8(9)6-7(2)3;1-6(2)5-7(9)3-4-8;1-6(2)7(8)4-3-5-9;2*1-4-7(8)5-6(2)3;1-5(2)3-6(8)4-7/h3*9-10,12H,3-8H2,1-2H3;2*7-8H,4-6,9H2,1-3H3;2*7-9H,4-6H2,1-3H3;2*6-7,9H,3-5,8H2,1-2H3;2*6-8H,4-5H2,1-3H3;5-6,8H,3-4,7H2,1-2H3/t2*10-;;8-;;8-;;3*7-;;6-/m10.0.0.111.1/s1. The molecule has 12 atom stereocenters. The van der Waals surface area contributed by atoms with E-state index < -0.39 is 0 Å². The smallest absolute Gasteiger partial charge is 0.0669 e. The Kier molecular flexibility index (Phi) is 107. The molecule has 114 heavy (non-hydrogen) atoms. The first-order valence-electron chi connectivity index (χ1n) is 47.6. The monoisotopic (exact) mass is 1640 g/mol. The van der Waals surface area contributed by atoms with Crippen LogP contribution in [0.3, 0.4) is 0 Å². The molecule has 3 fully saturated rings. The van der Waals surface area contributed by atoms with Gasteiger partial charge in [-0.15, -0.1) is 0 Å². The summed E-state index contributed by atoms with van der Waals surface area (Å²) in [6.07, 6.45) is 30.9. The van der Waals surface area contributed by atoms with E-state index in [2.05, 4.69) is 209 Å². The van der Waals surface area contributed by atoms with Crippen molar-refractivity contribution in [1.29, 1.82) is 0 Å². The Labute approximate surface area is 713 Å². The Morgan fingerprint density at radius 1 is 0.254 bits per heavy atom. The van der Waals surface area contributed by atoms with Crippen molar-refractivity contribution in [2.75, 3.05) is 78.6 Å². The van der Waals surface area contributed by atoms with Crippen LogP contribution in [0.5, 0.6) is 0 Å². The molecule has 0 saturated carbocycles. The zero-order valence-electron chi connectivity index (χ0n) is 82.3. The van der Waals surface area contributed by atoms with E-state index in [0.717, 1.165) is 135 Å². The zero-order valence-corrected chi connectivity index (χ0v) is 82.3. The van der Waals surface area contributed by atoms with Gasteiger partial charge in [0, 0.05) is 50.9 Å². The molecule has 20 N–H and O–H groups in total. The Morgan fingerprint density at radius 3 is 0.614 bits per heavy atom. The Hall–Kier alpha value is -0.720. The molecule has 18 nitrogen and oxygen atoms in total. The number of aliphatic hydroxyl groups is 10.